The predicted molar refractivity (Wildman–Crippen MR) is 83.0 cm³/mol. The van der Waals surface area contributed by atoms with Gasteiger partial charge in [0.05, 0.1) is 11.3 Å². The second-order valence-corrected chi connectivity index (χ2v) is 5.14. The molecule has 0 bridgehead atoms. The van der Waals surface area contributed by atoms with Crippen LogP contribution in [0.15, 0.2) is 36.4 Å². The van der Waals surface area contributed by atoms with Crippen LogP contribution in [0.1, 0.15) is 29.7 Å². The second-order valence-electron chi connectivity index (χ2n) is 5.14. The van der Waals surface area contributed by atoms with Gasteiger partial charge in [0.1, 0.15) is 11.9 Å². The Balaban J connectivity index is 2.60. The van der Waals surface area contributed by atoms with E-state index in [9.17, 15) is 9.65 Å². The lowest BCUT2D eigenvalue weighted by atomic mass is 10.0. The molecule has 0 radical (unpaired) electrons. The molecule has 3 nitrogen and oxygen atoms in total. The molecule has 0 aromatic heterocycles. The highest BCUT2D eigenvalue weighted by atomic mass is 19.1. The Labute approximate surface area is 124 Å². The standard InChI is InChI=1S/C17H18FN3/c1-11-8-17(14(12(2)20)9-15(11)18)21(3)16-7-5-4-6-13(16)10-19/h4-9,12H,20H2,1-3H3/t12-/m1/s1. The highest BCUT2D eigenvalue weighted by molar-refractivity contribution is 5.71. The third-order valence-corrected chi connectivity index (χ3v) is 3.55. The quantitative estimate of drug-likeness (QED) is 0.932. The van der Waals surface area contributed by atoms with Crippen molar-refractivity contribution in [3.8, 4) is 6.07 Å². The minimum atomic E-state index is -0.299. The molecule has 0 saturated carbocycles. The average molecular weight is 283 g/mol. The normalized spacial score (nSPS) is 11.8. The van der Waals surface area contributed by atoms with E-state index in [0.717, 1.165) is 11.4 Å². The highest BCUT2D eigenvalue weighted by Crippen LogP contribution is 2.33. The van der Waals surface area contributed by atoms with Crippen LogP contribution in [0.2, 0.25) is 0 Å². The lowest BCUT2D eigenvalue weighted by Crippen LogP contribution is -2.17. The maximum absolute atomic E-state index is 13.8. The minimum Gasteiger partial charge on any atom is -0.343 e. The molecule has 0 aliphatic rings. The number of aryl methyl sites for hydroxylation is 1. The van der Waals surface area contributed by atoms with Crippen LogP contribution in [-0.2, 0) is 0 Å². The molecule has 1 atom stereocenters. The summed E-state index contributed by atoms with van der Waals surface area (Å²) in [6, 6.07) is 12.4. The van der Waals surface area contributed by atoms with E-state index in [1.807, 2.05) is 37.1 Å². The van der Waals surface area contributed by atoms with E-state index in [1.54, 1.807) is 19.1 Å². The van der Waals surface area contributed by atoms with E-state index in [0.29, 0.717) is 16.7 Å². The lowest BCUT2D eigenvalue weighted by Gasteiger charge is -2.25. The minimum absolute atomic E-state index is 0.270. The third-order valence-electron chi connectivity index (χ3n) is 3.55. The number of hydrogen-bond donors (Lipinski definition) is 1. The van der Waals surface area contributed by atoms with Crippen LogP contribution < -0.4 is 10.6 Å². The van der Waals surface area contributed by atoms with E-state index < -0.39 is 0 Å². The summed E-state index contributed by atoms with van der Waals surface area (Å²) in [5.74, 6) is -0.270. The molecule has 0 fully saturated rings. The summed E-state index contributed by atoms with van der Waals surface area (Å²) in [5.41, 5.74) is 9.38. The zero-order valence-corrected chi connectivity index (χ0v) is 12.4. The van der Waals surface area contributed by atoms with Crippen molar-refractivity contribution in [3.05, 3.63) is 58.9 Å². The van der Waals surface area contributed by atoms with E-state index in [-0.39, 0.29) is 11.9 Å². The molecule has 2 rings (SSSR count). The molecule has 0 heterocycles. The number of anilines is 2. The number of hydrogen-bond acceptors (Lipinski definition) is 3. The fourth-order valence-corrected chi connectivity index (χ4v) is 2.33. The summed E-state index contributed by atoms with van der Waals surface area (Å²) in [6.07, 6.45) is 0. The zero-order chi connectivity index (χ0) is 15.6. The monoisotopic (exact) mass is 283 g/mol. The number of nitrogens with zero attached hydrogens (tertiary/aromatic N) is 2. The van der Waals surface area contributed by atoms with Gasteiger partial charge in [0.15, 0.2) is 0 Å². The second kappa shape index (κ2) is 5.94. The molecule has 0 amide bonds. The topological polar surface area (TPSA) is 53.0 Å². The van der Waals surface area contributed by atoms with Gasteiger partial charge in [-0.15, -0.1) is 0 Å². The van der Waals surface area contributed by atoms with Crippen LogP contribution in [0.5, 0.6) is 0 Å². The Hall–Kier alpha value is -2.38. The number of halogens is 1. The van der Waals surface area contributed by atoms with E-state index in [2.05, 4.69) is 6.07 Å². The predicted octanol–water partition coefficient (Wildman–Crippen LogP) is 3.79. The first-order valence-electron chi connectivity index (χ1n) is 6.74. The average Bonchev–Trinajstić information content (AvgIpc) is 2.48. The molecular formula is C17H18FN3. The number of nitriles is 1. The largest absolute Gasteiger partial charge is 0.343 e. The van der Waals surface area contributed by atoms with Gasteiger partial charge >= 0.3 is 0 Å². The Morgan fingerprint density at radius 2 is 1.90 bits per heavy atom. The first kappa shape index (κ1) is 15.0. The van der Waals surface area contributed by atoms with Crippen molar-refractivity contribution < 1.29 is 4.39 Å². The van der Waals surface area contributed by atoms with E-state index in [4.69, 9.17) is 5.73 Å². The Morgan fingerprint density at radius 1 is 1.24 bits per heavy atom. The van der Waals surface area contributed by atoms with Gasteiger partial charge in [-0.2, -0.15) is 5.26 Å². The van der Waals surface area contributed by atoms with Gasteiger partial charge in [-0.25, -0.2) is 4.39 Å². The number of benzene rings is 2. The highest BCUT2D eigenvalue weighted by Gasteiger charge is 2.17. The van der Waals surface area contributed by atoms with Crippen molar-refractivity contribution in [1.29, 1.82) is 5.26 Å². The fraction of sp³-hybridized carbons (Fsp3) is 0.235. The van der Waals surface area contributed by atoms with Crippen LogP contribution in [0.25, 0.3) is 0 Å². The van der Waals surface area contributed by atoms with Crippen LogP contribution in [0.3, 0.4) is 0 Å². The van der Waals surface area contributed by atoms with Gasteiger partial charge in [-0.3, -0.25) is 0 Å². The van der Waals surface area contributed by atoms with Crippen molar-refractivity contribution >= 4 is 11.4 Å². The van der Waals surface area contributed by atoms with Crippen molar-refractivity contribution in [3.63, 3.8) is 0 Å². The van der Waals surface area contributed by atoms with E-state index >= 15 is 0 Å². The van der Waals surface area contributed by atoms with Crippen molar-refractivity contribution in [2.45, 2.75) is 19.9 Å². The van der Waals surface area contributed by atoms with Crippen LogP contribution in [0.4, 0.5) is 15.8 Å². The summed E-state index contributed by atoms with van der Waals surface area (Å²) in [6.45, 7) is 3.53. The van der Waals surface area contributed by atoms with Gasteiger partial charge in [0.25, 0.3) is 0 Å². The first-order chi connectivity index (χ1) is 9.95. The number of nitrogens with two attached hydrogens (primary N) is 1. The molecule has 2 N–H and O–H groups in total. The number of rotatable bonds is 3. The molecule has 0 saturated heterocycles. The molecule has 0 aliphatic heterocycles. The van der Waals surface area contributed by atoms with E-state index in [1.165, 1.54) is 6.07 Å². The van der Waals surface area contributed by atoms with Crippen LogP contribution in [0, 0.1) is 24.1 Å². The van der Waals surface area contributed by atoms with Gasteiger partial charge < -0.3 is 10.6 Å². The molecule has 2 aromatic carbocycles. The SMILES string of the molecule is Cc1cc(N(C)c2ccccc2C#N)c([C@@H](C)N)cc1F. The van der Waals surface area contributed by atoms with Crippen molar-refractivity contribution in [2.75, 3.05) is 11.9 Å². The maximum atomic E-state index is 13.8. The zero-order valence-electron chi connectivity index (χ0n) is 12.4. The summed E-state index contributed by atoms with van der Waals surface area (Å²) < 4.78 is 13.8. The van der Waals surface area contributed by atoms with Crippen molar-refractivity contribution in [1.82, 2.24) is 0 Å². The Kier molecular flexibility index (Phi) is 4.25. The molecule has 4 heteroatoms. The third kappa shape index (κ3) is 2.88. The van der Waals surface area contributed by atoms with Gasteiger partial charge in [-0.1, -0.05) is 12.1 Å². The summed E-state index contributed by atoms with van der Waals surface area (Å²) >= 11 is 0. The smallest absolute Gasteiger partial charge is 0.126 e. The maximum Gasteiger partial charge on any atom is 0.126 e. The van der Waals surface area contributed by atoms with Crippen molar-refractivity contribution in [2.24, 2.45) is 5.73 Å². The summed E-state index contributed by atoms with van der Waals surface area (Å²) in [5, 5.41) is 9.23. The first-order valence-corrected chi connectivity index (χ1v) is 6.74. The molecule has 2 aromatic rings. The molecule has 108 valence electrons. The molecule has 21 heavy (non-hydrogen) atoms. The summed E-state index contributed by atoms with van der Waals surface area (Å²) in [4.78, 5) is 1.88. The van der Waals surface area contributed by atoms with Gasteiger partial charge in [0.2, 0.25) is 0 Å². The number of para-hydroxylation sites is 1. The Bertz CT molecular complexity index is 702. The fourth-order valence-electron chi connectivity index (χ4n) is 2.33. The van der Waals surface area contributed by atoms with Crippen LogP contribution in [-0.4, -0.2) is 7.05 Å². The van der Waals surface area contributed by atoms with Crippen LogP contribution >= 0.6 is 0 Å². The Morgan fingerprint density at radius 3 is 2.52 bits per heavy atom. The molecular weight excluding hydrogens is 265 g/mol. The summed E-state index contributed by atoms with van der Waals surface area (Å²) in [7, 11) is 1.86. The molecule has 0 unspecified atom stereocenters. The lowest BCUT2D eigenvalue weighted by molar-refractivity contribution is 0.613. The molecule has 0 spiro atoms. The van der Waals surface area contributed by atoms with Gasteiger partial charge in [0, 0.05) is 18.8 Å². The molecule has 0 aliphatic carbocycles. The van der Waals surface area contributed by atoms with Gasteiger partial charge in [-0.05, 0) is 49.2 Å².